The zero-order valence-electron chi connectivity index (χ0n) is 9.62. The van der Waals surface area contributed by atoms with Crippen molar-refractivity contribution < 1.29 is 9.90 Å². The predicted molar refractivity (Wildman–Crippen MR) is 65.6 cm³/mol. The van der Waals surface area contributed by atoms with Crippen LogP contribution in [0.5, 0.6) is 0 Å². The Kier molecular flexibility index (Phi) is 3.09. The highest BCUT2D eigenvalue weighted by Crippen LogP contribution is 2.15. The lowest BCUT2D eigenvalue weighted by Gasteiger charge is -2.04. The molecule has 0 amide bonds. The Morgan fingerprint density at radius 2 is 2.28 bits per heavy atom. The van der Waals surface area contributed by atoms with E-state index in [2.05, 4.69) is 10.2 Å². The third-order valence-electron chi connectivity index (χ3n) is 2.50. The summed E-state index contributed by atoms with van der Waals surface area (Å²) in [6.07, 6.45) is 3.92. The molecule has 2 N–H and O–H groups in total. The van der Waals surface area contributed by atoms with Gasteiger partial charge in [0.15, 0.2) is 0 Å². The molecule has 0 aliphatic carbocycles. The fraction of sp³-hybridized carbons (Fsp3) is 0.0833. The van der Waals surface area contributed by atoms with E-state index >= 15 is 0 Å². The number of aromatic amines is 1. The molecule has 2 rings (SSSR count). The molecule has 0 atom stereocenters. The number of nitrogens with zero attached hydrogens (tertiary/aromatic N) is 2. The second-order valence-corrected chi connectivity index (χ2v) is 3.74. The minimum atomic E-state index is -1.01. The quantitative estimate of drug-likeness (QED) is 0.788. The number of hydrogen-bond acceptors (Lipinski definition) is 3. The minimum absolute atomic E-state index is 0.341. The van der Waals surface area contributed by atoms with Crippen molar-refractivity contribution in [3.8, 4) is 5.69 Å². The van der Waals surface area contributed by atoms with Crippen LogP contribution in [0.2, 0.25) is 0 Å². The number of H-pyrrole nitrogens is 1. The van der Waals surface area contributed by atoms with Gasteiger partial charge in [0.25, 0.3) is 0 Å². The molecule has 0 aliphatic heterocycles. The molecule has 1 aromatic heterocycles. The molecule has 92 valence electrons. The molecular formula is C12H11N3O3. The van der Waals surface area contributed by atoms with Gasteiger partial charge in [-0.05, 0) is 36.3 Å². The van der Waals surface area contributed by atoms with Crippen molar-refractivity contribution in [1.29, 1.82) is 0 Å². The summed E-state index contributed by atoms with van der Waals surface area (Å²) < 4.78 is 1.34. The van der Waals surface area contributed by atoms with Gasteiger partial charge in [0.1, 0.15) is 6.33 Å². The van der Waals surface area contributed by atoms with Gasteiger partial charge in [0.05, 0.1) is 5.69 Å². The number of rotatable bonds is 3. The molecule has 0 unspecified atom stereocenters. The number of hydrogen-bond donors (Lipinski definition) is 2. The van der Waals surface area contributed by atoms with Crippen molar-refractivity contribution >= 4 is 12.0 Å². The van der Waals surface area contributed by atoms with E-state index in [1.165, 1.54) is 17.0 Å². The Morgan fingerprint density at radius 3 is 2.89 bits per heavy atom. The largest absolute Gasteiger partial charge is 0.478 e. The average Bonchev–Trinajstić information content (AvgIpc) is 2.74. The van der Waals surface area contributed by atoms with Gasteiger partial charge in [-0.1, -0.05) is 6.07 Å². The Balaban J connectivity index is 2.47. The second-order valence-electron chi connectivity index (χ2n) is 3.74. The van der Waals surface area contributed by atoms with E-state index in [1.807, 2.05) is 13.0 Å². The predicted octanol–water partition coefficient (Wildman–Crippen LogP) is 0.967. The van der Waals surface area contributed by atoms with Crippen LogP contribution in [0.1, 0.15) is 11.1 Å². The van der Waals surface area contributed by atoms with Crippen LogP contribution < -0.4 is 5.69 Å². The van der Waals surface area contributed by atoms with E-state index in [0.717, 1.165) is 17.2 Å². The van der Waals surface area contributed by atoms with Gasteiger partial charge in [-0.3, -0.25) is 0 Å². The van der Waals surface area contributed by atoms with Crippen LogP contribution in [-0.2, 0) is 4.79 Å². The van der Waals surface area contributed by atoms with Gasteiger partial charge in [-0.2, -0.15) is 5.10 Å². The number of aryl methyl sites for hydroxylation is 1. The smallest absolute Gasteiger partial charge is 0.347 e. The van der Waals surface area contributed by atoms with Gasteiger partial charge in [-0.15, -0.1) is 0 Å². The van der Waals surface area contributed by atoms with E-state index in [0.29, 0.717) is 5.69 Å². The van der Waals surface area contributed by atoms with E-state index in [1.54, 1.807) is 12.1 Å². The van der Waals surface area contributed by atoms with Crippen molar-refractivity contribution in [3.63, 3.8) is 0 Å². The molecule has 1 heterocycles. The average molecular weight is 245 g/mol. The number of benzene rings is 1. The summed E-state index contributed by atoms with van der Waals surface area (Å²) in [5, 5.41) is 14.5. The molecule has 0 fully saturated rings. The number of aromatic nitrogens is 3. The maximum atomic E-state index is 11.4. The van der Waals surface area contributed by atoms with Crippen molar-refractivity contribution in [2.45, 2.75) is 6.92 Å². The molecule has 6 nitrogen and oxygen atoms in total. The molecule has 0 radical (unpaired) electrons. The maximum Gasteiger partial charge on any atom is 0.347 e. The lowest BCUT2D eigenvalue weighted by atomic mass is 10.1. The standard InChI is InChI=1S/C12H11N3O3/c1-8-2-4-10(15-7-13-14-12(15)18)6-9(8)3-5-11(16)17/h2-7H,1H3,(H,14,18)(H,16,17)/b5-3+. The number of nitrogens with one attached hydrogen (secondary N) is 1. The van der Waals surface area contributed by atoms with Gasteiger partial charge in [-0.25, -0.2) is 19.3 Å². The third-order valence-corrected chi connectivity index (χ3v) is 2.50. The fourth-order valence-electron chi connectivity index (χ4n) is 1.55. The van der Waals surface area contributed by atoms with Gasteiger partial charge in [0.2, 0.25) is 0 Å². The first-order valence-electron chi connectivity index (χ1n) is 5.22. The van der Waals surface area contributed by atoms with Crippen LogP contribution in [-0.4, -0.2) is 25.8 Å². The Hall–Kier alpha value is -2.63. The molecule has 6 heteroatoms. The zero-order chi connectivity index (χ0) is 13.1. The molecule has 2 aromatic rings. The van der Waals surface area contributed by atoms with Crippen molar-refractivity contribution in [2.75, 3.05) is 0 Å². The minimum Gasteiger partial charge on any atom is -0.478 e. The molecule has 0 spiro atoms. The van der Waals surface area contributed by atoms with E-state index < -0.39 is 5.97 Å². The first-order valence-corrected chi connectivity index (χ1v) is 5.22. The number of aliphatic carboxylic acids is 1. The number of carboxylic acids is 1. The van der Waals surface area contributed by atoms with Crippen LogP contribution in [0.25, 0.3) is 11.8 Å². The topological polar surface area (TPSA) is 88.0 Å². The van der Waals surface area contributed by atoms with E-state index in [4.69, 9.17) is 5.11 Å². The van der Waals surface area contributed by atoms with E-state index in [-0.39, 0.29) is 5.69 Å². The van der Waals surface area contributed by atoms with Crippen LogP contribution >= 0.6 is 0 Å². The Labute approximate surface area is 102 Å². The molecule has 0 saturated heterocycles. The van der Waals surface area contributed by atoms with Gasteiger partial charge >= 0.3 is 11.7 Å². The molecule has 18 heavy (non-hydrogen) atoms. The second kappa shape index (κ2) is 4.70. The highest BCUT2D eigenvalue weighted by Gasteiger charge is 2.03. The summed E-state index contributed by atoms with van der Waals surface area (Å²) in [6.45, 7) is 1.86. The molecular weight excluding hydrogens is 234 g/mol. The van der Waals surface area contributed by atoms with Gasteiger partial charge in [0, 0.05) is 6.08 Å². The summed E-state index contributed by atoms with van der Waals surface area (Å²) in [7, 11) is 0. The Bertz CT molecular complexity index is 667. The lowest BCUT2D eigenvalue weighted by Crippen LogP contribution is -2.14. The fourth-order valence-corrected chi connectivity index (χ4v) is 1.55. The van der Waals surface area contributed by atoms with Crippen LogP contribution in [0.3, 0.4) is 0 Å². The summed E-state index contributed by atoms with van der Waals surface area (Å²) in [5.41, 5.74) is 1.95. The third kappa shape index (κ3) is 2.37. The molecule has 1 aromatic carbocycles. The summed E-state index contributed by atoms with van der Waals surface area (Å²) in [5.74, 6) is -1.01. The Morgan fingerprint density at radius 1 is 1.50 bits per heavy atom. The van der Waals surface area contributed by atoms with E-state index in [9.17, 15) is 9.59 Å². The summed E-state index contributed by atoms with van der Waals surface area (Å²) in [4.78, 5) is 21.9. The van der Waals surface area contributed by atoms with Crippen molar-refractivity contribution in [3.05, 3.63) is 52.2 Å². The first kappa shape index (κ1) is 11.8. The summed E-state index contributed by atoms with van der Waals surface area (Å²) >= 11 is 0. The number of carbonyl (C=O) groups is 1. The van der Waals surface area contributed by atoms with Crippen LogP contribution in [0, 0.1) is 6.92 Å². The lowest BCUT2D eigenvalue weighted by molar-refractivity contribution is -0.131. The highest BCUT2D eigenvalue weighted by molar-refractivity contribution is 5.85. The zero-order valence-corrected chi connectivity index (χ0v) is 9.62. The number of carboxylic acid groups (broad SMARTS) is 1. The monoisotopic (exact) mass is 245 g/mol. The van der Waals surface area contributed by atoms with Crippen molar-refractivity contribution in [2.24, 2.45) is 0 Å². The molecule has 0 aliphatic rings. The normalized spacial score (nSPS) is 10.9. The van der Waals surface area contributed by atoms with Gasteiger partial charge < -0.3 is 5.11 Å². The summed E-state index contributed by atoms with van der Waals surface area (Å²) in [6, 6.07) is 5.31. The van der Waals surface area contributed by atoms with Crippen molar-refractivity contribution in [1.82, 2.24) is 14.8 Å². The molecule has 0 saturated carbocycles. The van der Waals surface area contributed by atoms with Crippen LogP contribution in [0.4, 0.5) is 0 Å². The van der Waals surface area contributed by atoms with Crippen LogP contribution in [0.15, 0.2) is 35.4 Å². The maximum absolute atomic E-state index is 11.4. The highest BCUT2D eigenvalue weighted by atomic mass is 16.4. The SMILES string of the molecule is Cc1ccc(-n2cn[nH]c2=O)cc1/C=C/C(=O)O. The first-order chi connectivity index (χ1) is 8.58. The molecule has 0 bridgehead atoms.